The van der Waals surface area contributed by atoms with Gasteiger partial charge in [0.2, 0.25) is 5.91 Å². The summed E-state index contributed by atoms with van der Waals surface area (Å²) in [7, 11) is 3.93. The molecule has 0 N–H and O–H groups in total. The SMILES string of the molecule is Cn1cc(N2CCC(N3CCCC(Cc4nccn4C)C3)C2=O)cn1. The van der Waals surface area contributed by atoms with E-state index >= 15 is 0 Å². The number of nitrogens with zero attached hydrogens (tertiary/aromatic N) is 6. The summed E-state index contributed by atoms with van der Waals surface area (Å²) in [5, 5.41) is 4.20. The number of aryl methyl sites for hydroxylation is 2. The van der Waals surface area contributed by atoms with Gasteiger partial charge in [0.15, 0.2) is 0 Å². The van der Waals surface area contributed by atoms with Gasteiger partial charge >= 0.3 is 0 Å². The Hall–Kier alpha value is -2.15. The maximum Gasteiger partial charge on any atom is 0.244 e. The van der Waals surface area contributed by atoms with E-state index in [1.807, 2.05) is 30.5 Å². The predicted molar refractivity (Wildman–Crippen MR) is 95.2 cm³/mol. The molecule has 7 heteroatoms. The number of piperidine rings is 1. The first-order valence-corrected chi connectivity index (χ1v) is 9.12. The highest BCUT2D eigenvalue weighted by Gasteiger charge is 2.38. The lowest BCUT2D eigenvalue weighted by molar-refractivity contribution is -0.122. The van der Waals surface area contributed by atoms with Crippen molar-refractivity contribution in [2.24, 2.45) is 20.0 Å². The molecular formula is C18H26N6O. The fourth-order valence-electron chi connectivity index (χ4n) is 4.21. The van der Waals surface area contributed by atoms with Crippen LogP contribution in [-0.4, -0.2) is 55.8 Å². The van der Waals surface area contributed by atoms with Crippen LogP contribution in [0, 0.1) is 5.92 Å². The first-order valence-electron chi connectivity index (χ1n) is 9.12. The van der Waals surface area contributed by atoms with Gasteiger partial charge in [-0.3, -0.25) is 14.4 Å². The van der Waals surface area contributed by atoms with Gasteiger partial charge in [0.1, 0.15) is 5.82 Å². The molecule has 2 saturated heterocycles. The highest BCUT2D eigenvalue weighted by Crippen LogP contribution is 2.28. The molecule has 134 valence electrons. The monoisotopic (exact) mass is 342 g/mol. The first kappa shape index (κ1) is 16.3. The summed E-state index contributed by atoms with van der Waals surface area (Å²) in [6.45, 7) is 2.80. The van der Waals surface area contributed by atoms with Crippen LogP contribution >= 0.6 is 0 Å². The molecule has 4 rings (SSSR count). The largest absolute Gasteiger partial charge is 0.338 e. The van der Waals surface area contributed by atoms with E-state index in [4.69, 9.17) is 0 Å². The topological polar surface area (TPSA) is 59.2 Å². The summed E-state index contributed by atoms with van der Waals surface area (Å²) < 4.78 is 3.85. The molecule has 0 aromatic carbocycles. The molecule has 0 saturated carbocycles. The second-order valence-electron chi connectivity index (χ2n) is 7.33. The van der Waals surface area contributed by atoms with Crippen LogP contribution in [0.25, 0.3) is 0 Å². The number of aromatic nitrogens is 4. The van der Waals surface area contributed by atoms with E-state index in [9.17, 15) is 4.79 Å². The summed E-state index contributed by atoms with van der Waals surface area (Å²) in [6.07, 6.45) is 11.8. The fourth-order valence-corrected chi connectivity index (χ4v) is 4.21. The van der Waals surface area contributed by atoms with Crippen molar-refractivity contribution in [1.29, 1.82) is 0 Å². The molecule has 7 nitrogen and oxygen atoms in total. The van der Waals surface area contributed by atoms with Crippen LogP contribution < -0.4 is 4.90 Å². The average molecular weight is 342 g/mol. The Bertz CT molecular complexity index is 750. The number of anilines is 1. The van der Waals surface area contributed by atoms with E-state index in [2.05, 4.69) is 26.6 Å². The number of carbonyl (C=O) groups is 1. The lowest BCUT2D eigenvalue weighted by atomic mass is 9.93. The molecule has 25 heavy (non-hydrogen) atoms. The Labute approximate surface area is 148 Å². The molecule has 0 radical (unpaired) electrons. The van der Waals surface area contributed by atoms with Gasteiger partial charge in [-0.25, -0.2) is 4.98 Å². The molecule has 0 bridgehead atoms. The summed E-state index contributed by atoms with van der Waals surface area (Å²) >= 11 is 0. The zero-order valence-electron chi connectivity index (χ0n) is 15.0. The van der Waals surface area contributed by atoms with Crippen molar-refractivity contribution < 1.29 is 4.79 Å². The van der Waals surface area contributed by atoms with Crippen molar-refractivity contribution in [1.82, 2.24) is 24.2 Å². The molecule has 2 aromatic rings. The van der Waals surface area contributed by atoms with Crippen LogP contribution in [0.3, 0.4) is 0 Å². The van der Waals surface area contributed by atoms with E-state index in [1.54, 1.807) is 10.9 Å². The van der Waals surface area contributed by atoms with Gasteiger partial charge in [-0.1, -0.05) is 0 Å². The van der Waals surface area contributed by atoms with Crippen molar-refractivity contribution in [3.05, 3.63) is 30.6 Å². The molecule has 1 amide bonds. The van der Waals surface area contributed by atoms with Crippen molar-refractivity contribution in [3.63, 3.8) is 0 Å². The molecular weight excluding hydrogens is 316 g/mol. The van der Waals surface area contributed by atoms with Crippen molar-refractivity contribution in [3.8, 4) is 0 Å². The zero-order valence-corrected chi connectivity index (χ0v) is 15.0. The van der Waals surface area contributed by atoms with E-state index in [0.717, 1.165) is 50.4 Å². The number of carbonyl (C=O) groups excluding carboxylic acids is 1. The van der Waals surface area contributed by atoms with E-state index in [1.165, 1.54) is 6.42 Å². The third kappa shape index (κ3) is 3.20. The summed E-state index contributed by atoms with van der Waals surface area (Å²) in [5.41, 5.74) is 0.913. The van der Waals surface area contributed by atoms with Crippen molar-refractivity contribution in [2.75, 3.05) is 24.5 Å². The van der Waals surface area contributed by atoms with Gasteiger partial charge in [-0.15, -0.1) is 0 Å². The number of hydrogen-bond donors (Lipinski definition) is 0. The molecule has 0 spiro atoms. The number of amides is 1. The minimum atomic E-state index is 0.0179. The Morgan fingerprint density at radius 3 is 2.84 bits per heavy atom. The number of likely N-dealkylation sites (tertiary alicyclic amines) is 1. The second kappa shape index (κ2) is 6.63. The van der Waals surface area contributed by atoms with E-state index in [-0.39, 0.29) is 11.9 Å². The summed E-state index contributed by atoms with van der Waals surface area (Å²) in [6, 6.07) is 0.0179. The predicted octanol–water partition coefficient (Wildman–Crippen LogP) is 1.21. The molecule has 4 heterocycles. The number of rotatable bonds is 4. The van der Waals surface area contributed by atoms with Crippen LogP contribution in [-0.2, 0) is 25.3 Å². The Morgan fingerprint density at radius 1 is 1.24 bits per heavy atom. The molecule has 2 aromatic heterocycles. The van der Waals surface area contributed by atoms with Gasteiger partial charge in [0.25, 0.3) is 0 Å². The fraction of sp³-hybridized carbons (Fsp3) is 0.611. The van der Waals surface area contributed by atoms with Crippen LogP contribution in [0.4, 0.5) is 5.69 Å². The highest BCUT2D eigenvalue weighted by molar-refractivity contribution is 5.99. The molecule has 2 atom stereocenters. The van der Waals surface area contributed by atoms with Crippen LogP contribution in [0.1, 0.15) is 25.1 Å². The Morgan fingerprint density at radius 2 is 2.12 bits per heavy atom. The van der Waals surface area contributed by atoms with Crippen molar-refractivity contribution >= 4 is 11.6 Å². The van der Waals surface area contributed by atoms with Crippen LogP contribution in [0.5, 0.6) is 0 Å². The Balaban J connectivity index is 1.41. The summed E-state index contributed by atoms with van der Waals surface area (Å²) in [4.78, 5) is 21.7. The zero-order chi connectivity index (χ0) is 17.4. The quantitative estimate of drug-likeness (QED) is 0.838. The minimum Gasteiger partial charge on any atom is -0.338 e. The lowest BCUT2D eigenvalue weighted by Gasteiger charge is -2.35. The molecule has 0 aliphatic carbocycles. The van der Waals surface area contributed by atoms with Gasteiger partial charge in [-0.2, -0.15) is 5.10 Å². The second-order valence-corrected chi connectivity index (χ2v) is 7.33. The van der Waals surface area contributed by atoms with Crippen LogP contribution in [0.2, 0.25) is 0 Å². The normalized spacial score (nSPS) is 25.0. The van der Waals surface area contributed by atoms with E-state index < -0.39 is 0 Å². The molecule has 2 aliphatic rings. The maximum atomic E-state index is 12.9. The number of imidazole rings is 1. The standard InChI is InChI=1S/C18H26N6O/c1-21-9-6-19-17(21)10-14-4-3-7-23(12-14)16-5-8-24(18(16)25)15-11-20-22(2)13-15/h6,9,11,13-14,16H,3-5,7-8,10,12H2,1-2H3. The molecule has 2 aliphatic heterocycles. The average Bonchev–Trinajstić information content (AvgIpc) is 3.29. The smallest absolute Gasteiger partial charge is 0.244 e. The molecule has 2 fully saturated rings. The number of hydrogen-bond acceptors (Lipinski definition) is 4. The minimum absolute atomic E-state index is 0.0179. The van der Waals surface area contributed by atoms with E-state index in [0.29, 0.717) is 5.92 Å². The summed E-state index contributed by atoms with van der Waals surface area (Å²) in [5.74, 6) is 1.95. The first-order chi connectivity index (χ1) is 12.1. The Kier molecular flexibility index (Phi) is 4.33. The molecule has 2 unspecified atom stereocenters. The lowest BCUT2D eigenvalue weighted by Crippen LogP contribution is -2.47. The third-order valence-corrected chi connectivity index (χ3v) is 5.56. The van der Waals surface area contributed by atoms with Crippen LogP contribution in [0.15, 0.2) is 24.8 Å². The van der Waals surface area contributed by atoms with Crippen molar-refractivity contribution in [2.45, 2.75) is 31.7 Å². The van der Waals surface area contributed by atoms with Gasteiger partial charge in [-0.05, 0) is 31.7 Å². The highest BCUT2D eigenvalue weighted by atomic mass is 16.2. The van der Waals surface area contributed by atoms with Gasteiger partial charge in [0.05, 0.1) is 17.9 Å². The maximum absolute atomic E-state index is 12.9. The third-order valence-electron chi connectivity index (χ3n) is 5.56. The van der Waals surface area contributed by atoms with Gasteiger partial charge < -0.3 is 9.47 Å². The van der Waals surface area contributed by atoms with Gasteiger partial charge in [0, 0.05) is 52.2 Å².